The third kappa shape index (κ3) is 4.54. The van der Waals surface area contributed by atoms with Crippen LogP contribution in [0.1, 0.15) is 25.6 Å². The molecule has 140 valence electrons. The minimum atomic E-state index is -3.46. The van der Waals surface area contributed by atoms with Crippen LogP contribution in [-0.2, 0) is 26.9 Å². The third-order valence-electron chi connectivity index (χ3n) is 4.07. The highest BCUT2D eigenvalue weighted by atomic mass is 79.9. The lowest BCUT2D eigenvalue weighted by atomic mass is 10.2. The van der Waals surface area contributed by atoms with Crippen molar-refractivity contribution in [2.75, 3.05) is 12.4 Å². The zero-order chi connectivity index (χ0) is 18.7. The number of rotatable bonds is 8. The van der Waals surface area contributed by atoms with E-state index in [4.69, 9.17) is 15.4 Å². The molecule has 26 heavy (non-hydrogen) atoms. The summed E-state index contributed by atoms with van der Waals surface area (Å²) in [6.45, 7) is 3.57. The molecule has 0 radical (unpaired) electrons. The summed E-state index contributed by atoms with van der Waals surface area (Å²) in [4.78, 5) is 9.16. The standard InChI is InChI=1S/C17H19BrClN3O3S/c1-2-25-11-16-21-15-10-20-14-9-12(18)5-6-13(14)17(15)22(16)7-3-4-8-26(19,23)24/h5-6,9-10H,2-4,7-8,11H2,1H3. The molecule has 3 rings (SSSR count). The molecule has 9 heteroatoms. The van der Waals surface area contributed by atoms with Crippen LogP contribution in [0.5, 0.6) is 0 Å². The molecule has 0 amide bonds. The number of aryl methyl sites for hydroxylation is 1. The molecule has 0 aliphatic heterocycles. The summed E-state index contributed by atoms with van der Waals surface area (Å²) in [5.74, 6) is 0.782. The van der Waals surface area contributed by atoms with E-state index in [0.29, 0.717) is 32.6 Å². The largest absolute Gasteiger partial charge is 0.374 e. The van der Waals surface area contributed by atoms with E-state index in [-0.39, 0.29) is 5.75 Å². The number of hydrogen-bond acceptors (Lipinski definition) is 5. The monoisotopic (exact) mass is 459 g/mol. The summed E-state index contributed by atoms with van der Waals surface area (Å²) >= 11 is 3.47. The van der Waals surface area contributed by atoms with Gasteiger partial charge < -0.3 is 9.30 Å². The molecular weight excluding hydrogens is 442 g/mol. The van der Waals surface area contributed by atoms with Crippen molar-refractivity contribution in [2.45, 2.75) is 32.9 Å². The Morgan fingerprint density at radius 3 is 2.81 bits per heavy atom. The second-order valence-electron chi connectivity index (χ2n) is 5.92. The number of imidazole rings is 1. The van der Waals surface area contributed by atoms with Crippen LogP contribution < -0.4 is 0 Å². The number of pyridine rings is 1. The Balaban J connectivity index is 2.00. The average Bonchev–Trinajstić information content (AvgIpc) is 2.93. The first kappa shape index (κ1) is 19.5. The van der Waals surface area contributed by atoms with Gasteiger partial charge in [-0.2, -0.15) is 0 Å². The smallest absolute Gasteiger partial charge is 0.232 e. The maximum atomic E-state index is 11.1. The summed E-state index contributed by atoms with van der Waals surface area (Å²) in [7, 11) is 1.84. The zero-order valence-electron chi connectivity index (χ0n) is 14.3. The molecule has 0 aliphatic carbocycles. The lowest BCUT2D eigenvalue weighted by Gasteiger charge is -2.10. The lowest BCUT2D eigenvalue weighted by Crippen LogP contribution is -2.08. The van der Waals surface area contributed by atoms with Crippen molar-refractivity contribution >= 4 is 57.6 Å². The minimum Gasteiger partial charge on any atom is -0.374 e. The van der Waals surface area contributed by atoms with E-state index in [1.54, 1.807) is 6.20 Å². The van der Waals surface area contributed by atoms with Crippen molar-refractivity contribution in [3.8, 4) is 0 Å². The molecule has 0 bridgehead atoms. The Kier molecular flexibility index (Phi) is 6.17. The van der Waals surface area contributed by atoms with E-state index in [2.05, 4.69) is 30.5 Å². The van der Waals surface area contributed by atoms with Crippen molar-refractivity contribution in [1.29, 1.82) is 0 Å². The third-order valence-corrected chi connectivity index (χ3v) is 5.80. The fourth-order valence-corrected chi connectivity index (χ4v) is 4.15. The number of halogens is 2. The first-order valence-electron chi connectivity index (χ1n) is 8.32. The van der Waals surface area contributed by atoms with Gasteiger partial charge in [-0.1, -0.05) is 15.9 Å². The number of unbranched alkanes of at least 4 members (excludes halogenated alkanes) is 1. The molecular formula is C17H19BrClN3O3S. The molecule has 0 N–H and O–H groups in total. The topological polar surface area (TPSA) is 74.1 Å². The predicted molar refractivity (Wildman–Crippen MR) is 107 cm³/mol. The fourth-order valence-electron chi connectivity index (χ4n) is 2.92. The van der Waals surface area contributed by atoms with Crippen molar-refractivity contribution in [1.82, 2.24) is 14.5 Å². The van der Waals surface area contributed by atoms with E-state index in [0.717, 1.165) is 32.2 Å². The second kappa shape index (κ2) is 8.21. The Bertz CT molecular complexity index is 1040. The number of aromatic nitrogens is 3. The quantitative estimate of drug-likeness (QED) is 0.371. The van der Waals surface area contributed by atoms with Gasteiger partial charge in [-0.25, -0.2) is 13.4 Å². The Hall–Kier alpha value is -1.22. The van der Waals surface area contributed by atoms with Crippen LogP contribution in [0.25, 0.3) is 21.9 Å². The normalized spacial score (nSPS) is 12.3. The Labute approximate surface area is 165 Å². The SMILES string of the molecule is CCOCc1nc2cnc3cc(Br)ccc3c2n1CCCCS(=O)(=O)Cl. The minimum absolute atomic E-state index is 0.0305. The zero-order valence-corrected chi connectivity index (χ0v) is 17.4. The lowest BCUT2D eigenvalue weighted by molar-refractivity contribution is 0.126. The van der Waals surface area contributed by atoms with Gasteiger partial charge >= 0.3 is 0 Å². The van der Waals surface area contributed by atoms with E-state index in [1.807, 2.05) is 25.1 Å². The van der Waals surface area contributed by atoms with Crippen LogP contribution in [0.15, 0.2) is 28.9 Å². The molecule has 0 atom stereocenters. The second-order valence-corrected chi connectivity index (χ2v) is 9.73. The molecule has 0 fully saturated rings. The summed E-state index contributed by atoms with van der Waals surface area (Å²) in [6.07, 6.45) is 2.93. The van der Waals surface area contributed by atoms with Crippen LogP contribution in [-0.4, -0.2) is 35.3 Å². The van der Waals surface area contributed by atoms with Crippen molar-refractivity contribution in [2.24, 2.45) is 0 Å². The Morgan fingerprint density at radius 1 is 1.27 bits per heavy atom. The van der Waals surface area contributed by atoms with Crippen molar-refractivity contribution < 1.29 is 13.2 Å². The maximum Gasteiger partial charge on any atom is 0.232 e. The maximum absolute atomic E-state index is 11.1. The molecule has 6 nitrogen and oxygen atoms in total. The molecule has 3 aromatic rings. The van der Waals surface area contributed by atoms with Gasteiger partial charge in [0.2, 0.25) is 9.05 Å². The molecule has 2 heterocycles. The summed E-state index contributed by atoms with van der Waals surface area (Å²) in [6, 6.07) is 5.96. The van der Waals surface area contributed by atoms with Gasteiger partial charge in [-0.3, -0.25) is 4.98 Å². The van der Waals surface area contributed by atoms with Crippen LogP contribution in [0.4, 0.5) is 0 Å². The first-order chi connectivity index (χ1) is 12.4. The highest BCUT2D eigenvalue weighted by Gasteiger charge is 2.15. The van der Waals surface area contributed by atoms with Gasteiger partial charge in [-0.05, 0) is 38.0 Å². The van der Waals surface area contributed by atoms with Gasteiger partial charge in [0.25, 0.3) is 0 Å². The summed E-state index contributed by atoms with van der Waals surface area (Å²) in [5.41, 5.74) is 2.67. The van der Waals surface area contributed by atoms with E-state index in [9.17, 15) is 8.42 Å². The van der Waals surface area contributed by atoms with Gasteiger partial charge in [0.15, 0.2) is 0 Å². The molecule has 0 aliphatic rings. The van der Waals surface area contributed by atoms with Crippen LogP contribution in [0, 0.1) is 0 Å². The van der Waals surface area contributed by atoms with E-state index >= 15 is 0 Å². The average molecular weight is 461 g/mol. The van der Waals surface area contributed by atoms with Crippen molar-refractivity contribution in [3.63, 3.8) is 0 Å². The summed E-state index contributed by atoms with van der Waals surface area (Å²) < 4.78 is 30.9. The van der Waals surface area contributed by atoms with Gasteiger partial charge in [-0.15, -0.1) is 0 Å². The van der Waals surface area contributed by atoms with Crippen molar-refractivity contribution in [3.05, 3.63) is 34.7 Å². The number of benzene rings is 1. The van der Waals surface area contributed by atoms with Crippen LogP contribution in [0.3, 0.4) is 0 Å². The molecule has 1 aromatic carbocycles. The van der Waals surface area contributed by atoms with Crippen LogP contribution >= 0.6 is 26.6 Å². The molecule has 0 saturated carbocycles. The highest BCUT2D eigenvalue weighted by Crippen LogP contribution is 2.27. The Morgan fingerprint density at radius 2 is 2.08 bits per heavy atom. The van der Waals surface area contributed by atoms with E-state index < -0.39 is 9.05 Å². The number of ether oxygens (including phenoxy) is 1. The molecule has 0 unspecified atom stereocenters. The van der Waals surface area contributed by atoms with Gasteiger partial charge in [0, 0.05) is 33.7 Å². The highest BCUT2D eigenvalue weighted by molar-refractivity contribution is 9.10. The predicted octanol–water partition coefficient (Wildman–Crippen LogP) is 4.23. The number of hydrogen-bond donors (Lipinski definition) is 0. The number of fused-ring (bicyclic) bond motifs is 3. The molecule has 0 saturated heterocycles. The summed E-state index contributed by atoms with van der Waals surface area (Å²) in [5, 5.41) is 1.01. The number of nitrogens with zero attached hydrogens (tertiary/aromatic N) is 3. The molecule has 0 spiro atoms. The van der Waals surface area contributed by atoms with Gasteiger partial charge in [0.05, 0.1) is 23.0 Å². The van der Waals surface area contributed by atoms with Gasteiger partial charge in [0.1, 0.15) is 17.9 Å². The fraction of sp³-hybridized carbons (Fsp3) is 0.412. The molecule has 2 aromatic heterocycles. The first-order valence-corrected chi connectivity index (χ1v) is 11.6. The van der Waals surface area contributed by atoms with Crippen LogP contribution in [0.2, 0.25) is 0 Å². The van der Waals surface area contributed by atoms with E-state index in [1.165, 1.54) is 0 Å².